The first-order valence-corrected chi connectivity index (χ1v) is 9.32. The summed E-state index contributed by atoms with van der Waals surface area (Å²) in [7, 11) is 1.40. The zero-order chi connectivity index (χ0) is 17.9. The van der Waals surface area contributed by atoms with Gasteiger partial charge in [-0.05, 0) is 50.0 Å². The normalized spacial score (nSPS) is 15.0. The first-order chi connectivity index (χ1) is 12.2. The molecule has 0 aliphatic carbocycles. The third kappa shape index (κ3) is 7.16. The van der Waals surface area contributed by atoms with Crippen LogP contribution in [0.4, 0.5) is 4.79 Å². The Bertz CT molecular complexity index is 525. The number of urea groups is 1. The van der Waals surface area contributed by atoms with Crippen LogP contribution in [0, 0.1) is 5.92 Å². The largest absolute Gasteiger partial charge is 0.469 e. The summed E-state index contributed by atoms with van der Waals surface area (Å²) in [6, 6.07) is 10.6. The van der Waals surface area contributed by atoms with E-state index in [1.54, 1.807) is 0 Å². The summed E-state index contributed by atoms with van der Waals surface area (Å²) in [6.07, 6.45) is 6.46. The second-order valence-electron chi connectivity index (χ2n) is 6.72. The molecule has 5 nitrogen and oxygen atoms in total. The molecule has 0 bridgehead atoms. The van der Waals surface area contributed by atoms with Crippen molar-refractivity contribution in [2.24, 2.45) is 5.92 Å². The molecule has 1 aromatic rings. The topological polar surface area (TPSA) is 58.6 Å². The number of nitrogens with zero attached hydrogens (tertiary/aromatic N) is 1. The average Bonchev–Trinajstić information content (AvgIpc) is 2.67. The van der Waals surface area contributed by atoms with Gasteiger partial charge in [-0.3, -0.25) is 4.79 Å². The van der Waals surface area contributed by atoms with E-state index in [1.807, 2.05) is 4.90 Å². The SMILES string of the molecule is COC(=O)CCCCNC(=O)N1CCC(CCc2ccccc2)CC1. The monoisotopic (exact) mass is 346 g/mol. The van der Waals surface area contributed by atoms with Gasteiger partial charge in [-0.1, -0.05) is 30.3 Å². The fraction of sp³-hybridized carbons (Fsp3) is 0.600. The Hall–Kier alpha value is -2.04. The molecule has 1 aliphatic rings. The molecule has 1 saturated heterocycles. The molecular weight excluding hydrogens is 316 g/mol. The van der Waals surface area contributed by atoms with E-state index in [0.717, 1.165) is 45.2 Å². The Morgan fingerprint density at radius 2 is 1.88 bits per heavy atom. The number of likely N-dealkylation sites (tertiary alicyclic amines) is 1. The van der Waals surface area contributed by atoms with E-state index in [2.05, 4.69) is 40.4 Å². The highest BCUT2D eigenvalue weighted by Gasteiger charge is 2.22. The van der Waals surface area contributed by atoms with Crippen LogP contribution in [0.5, 0.6) is 0 Å². The van der Waals surface area contributed by atoms with Gasteiger partial charge >= 0.3 is 12.0 Å². The maximum atomic E-state index is 12.2. The standard InChI is InChI=1S/C20H30N2O3/c1-25-19(23)9-5-6-14-21-20(24)22-15-12-18(13-16-22)11-10-17-7-3-2-4-8-17/h2-4,7-8,18H,5-6,9-16H2,1H3,(H,21,24). The van der Waals surface area contributed by atoms with Crippen molar-refractivity contribution in [2.75, 3.05) is 26.7 Å². The van der Waals surface area contributed by atoms with Gasteiger partial charge in [-0.2, -0.15) is 0 Å². The van der Waals surface area contributed by atoms with Crippen molar-refractivity contribution in [1.29, 1.82) is 0 Å². The van der Waals surface area contributed by atoms with Gasteiger partial charge in [0.1, 0.15) is 0 Å². The lowest BCUT2D eigenvalue weighted by Crippen LogP contribution is -2.44. The highest BCUT2D eigenvalue weighted by molar-refractivity contribution is 5.74. The summed E-state index contributed by atoms with van der Waals surface area (Å²) in [4.78, 5) is 25.1. The number of amides is 2. The fourth-order valence-electron chi connectivity index (χ4n) is 3.24. The van der Waals surface area contributed by atoms with E-state index in [9.17, 15) is 9.59 Å². The van der Waals surface area contributed by atoms with Crippen LogP contribution in [-0.4, -0.2) is 43.6 Å². The number of nitrogens with one attached hydrogen (secondary N) is 1. The Morgan fingerprint density at radius 1 is 1.16 bits per heavy atom. The fourth-order valence-corrected chi connectivity index (χ4v) is 3.24. The van der Waals surface area contributed by atoms with Gasteiger partial charge in [0.05, 0.1) is 7.11 Å². The molecule has 0 aromatic heterocycles. The number of ether oxygens (including phenoxy) is 1. The van der Waals surface area contributed by atoms with E-state index >= 15 is 0 Å². The van der Waals surface area contributed by atoms with Crippen LogP contribution >= 0.6 is 0 Å². The maximum absolute atomic E-state index is 12.2. The van der Waals surface area contributed by atoms with Crippen LogP contribution < -0.4 is 5.32 Å². The molecule has 0 atom stereocenters. The van der Waals surface area contributed by atoms with Crippen molar-refractivity contribution >= 4 is 12.0 Å². The summed E-state index contributed by atoms with van der Waals surface area (Å²) in [5, 5.41) is 2.95. The van der Waals surface area contributed by atoms with Gasteiger partial charge < -0.3 is 15.0 Å². The number of aryl methyl sites for hydroxylation is 1. The number of hydrogen-bond acceptors (Lipinski definition) is 3. The van der Waals surface area contributed by atoms with Gasteiger partial charge in [0, 0.05) is 26.1 Å². The highest BCUT2D eigenvalue weighted by Crippen LogP contribution is 2.22. The molecule has 0 spiro atoms. The van der Waals surface area contributed by atoms with Crippen molar-refractivity contribution < 1.29 is 14.3 Å². The molecule has 0 saturated carbocycles. The van der Waals surface area contributed by atoms with Crippen LogP contribution in [0.3, 0.4) is 0 Å². The van der Waals surface area contributed by atoms with Crippen LogP contribution in [-0.2, 0) is 16.0 Å². The third-order valence-electron chi connectivity index (χ3n) is 4.90. The molecule has 0 unspecified atom stereocenters. The number of rotatable bonds is 8. The zero-order valence-electron chi connectivity index (χ0n) is 15.2. The first-order valence-electron chi connectivity index (χ1n) is 9.32. The third-order valence-corrected chi connectivity index (χ3v) is 4.90. The number of benzene rings is 1. The summed E-state index contributed by atoms with van der Waals surface area (Å²) in [6.45, 7) is 2.30. The predicted molar refractivity (Wildman–Crippen MR) is 98.3 cm³/mol. The number of carbonyl (C=O) groups is 2. The molecule has 138 valence electrons. The van der Waals surface area contributed by atoms with E-state index in [0.29, 0.717) is 18.9 Å². The first kappa shape index (κ1) is 19.3. The number of piperidine rings is 1. The molecule has 1 fully saturated rings. The molecule has 2 rings (SSSR count). The lowest BCUT2D eigenvalue weighted by molar-refractivity contribution is -0.140. The summed E-state index contributed by atoms with van der Waals surface area (Å²) < 4.78 is 4.60. The number of esters is 1. The minimum atomic E-state index is -0.191. The quantitative estimate of drug-likeness (QED) is 0.580. The minimum Gasteiger partial charge on any atom is -0.469 e. The Labute approximate surface area is 150 Å². The van der Waals surface area contributed by atoms with Gasteiger partial charge in [0.15, 0.2) is 0 Å². The average molecular weight is 346 g/mol. The molecule has 1 heterocycles. The molecule has 0 radical (unpaired) electrons. The van der Waals surface area contributed by atoms with Gasteiger partial charge in [-0.25, -0.2) is 4.79 Å². The Balaban J connectivity index is 1.56. The maximum Gasteiger partial charge on any atom is 0.317 e. The number of methoxy groups -OCH3 is 1. The van der Waals surface area contributed by atoms with Crippen molar-refractivity contribution in [2.45, 2.75) is 44.9 Å². The van der Waals surface area contributed by atoms with Crippen LogP contribution in [0.15, 0.2) is 30.3 Å². The molecule has 1 aliphatic heterocycles. The highest BCUT2D eigenvalue weighted by atomic mass is 16.5. The molecule has 5 heteroatoms. The van der Waals surface area contributed by atoms with E-state index in [-0.39, 0.29) is 12.0 Å². The molecule has 1 aromatic carbocycles. The van der Waals surface area contributed by atoms with Crippen molar-refractivity contribution in [1.82, 2.24) is 10.2 Å². The number of carbonyl (C=O) groups excluding carboxylic acids is 2. The van der Waals surface area contributed by atoms with Crippen LogP contribution in [0.2, 0.25) is 0 Å². The number of hydrogen-bond donors (Lipinski definition) is 1. The van der Waals surface area contributed by atoms with Gasteiger partial charge in [0.25, 0.3) is 0 Å². The van der Waals surface area contributed by atoms with E-state index in [1.165, 1.54) is 19.1 Å². The van der Waals surface area contributed by atoms with Gasteiger partial charge in [-0.15, -0.1) is 0 Å². The van der Waals surface area contributed by atoms with Crippen LogP contribution in [0.25, 0.3) is 0 Å². The van der Waals surface area contributed by atoms with Crippen LogP contribution in [0.1, 0.15) is 44.1 Å². The molecular formula is C20H30N2O3. The summed E-state index contributed by atoms with van der Waals surface area (Å²) >= 11 is 0. The lowest BCUT2D eigenvalue weighted by atomic mass is 9.91. The molecule has 2 amide bonds. The predicted octanol–water partition coefficient (Wildman–Crippen LogP) is 3.38. The number of unbranched alkanes of at least 4 members (excludes halogenated alkanes) is 1. The summed E-state index contributed by atoms with van der Waals surface area (Å²) in [5.74, 6) is 0.521. The Morgan fingerprint density at radius 3 is 2.56 bits per heavy atom. The van der Waals surface area contributed by atoms with E-state index < -0.39 is 0 Å². The zero-order valence-corrected chi connectivity index (χ0v) is 15.2. The lowest BCUT2D eigenvalue weighted by Gasteiger charge is -2.32. The van der Waals surface area contributed by atoms with Crippen molar-refractivity contribution in [3.8, 4) is 0 Å². The second kappa shape index (κ2) is 10.7. The van der Waals surface area contributed by atoms with E-state index in [4.69, 9.17) is 0 Å². The molecule has 25 heavy (non-hydrogen) atoms. The van der Waals surface area contributed by atoms with Gasteiger partial charge in [0.2, 0.25) is 0 Å². The molecule has 1 N–H and O–H groups in total. The van der Waals surface area contributed by atoms with Crippen molar-refractivity contribution in [3.05, 3.63) is 35.9 Å². The Kier molecular flexibility index (Phi) is 8.29. The second-order valence-corrected chi connectivity index (χ2v) is 6.72. The minimum absolute atomic E-state index is 0.0274. The summed E-state index contributed by atoms with van der Waals surface area (Å²) in [5.41, 5.74) is 1.40. The van der Waals surface area contributed by atoms with Crippen molar-refractivity contribution in [3.63, 3.8) is 0 Å². The smallest absolute Gasteiger partial charge is 0.317 e.